The highest BCUT2D eigenvalue weighted by Crippen LogP contribution is 2.55. The third kappa shape index (κ3) is 6.58. The van der Waals surface area contributed by atoms with Crippen molar-refractivity contribution in [2.45, 2.75) is 43.5 Å². The van der Waals surface area contributed by atoms with Crippen molar-refractivity contribution in [1.82, 2.24) is 5.32 Å². The molecule has 0 saturated heterocycles. The van der Waals surface area contributed by atoms with Gasteiger partial charge in [0.15, 0.2) is 0 Å². The normalized spacial score (nSPS) is 14.6. The summed E-state index contributed by atoms with van der Waals surface area (Å²) in [5.41, 5.74) is -6.50. The highest BCUT2D eigenvalue weighted by atomic mass is 79.9. The number of halogens is 8. The molecular formula is C23H22Br2F6N2O2S. The SMILES string of the molecule is CCSC[C@H](C)NC(=O)c1c(Br)cccc1C(=O)Nc1ccc(C(F)(C(F)(F)F)C(F)(F)Br)cc1C. The van der Waals surface area contributed by atoms with Crippen LogP contribution in [0.3, 0.4) is 0 Å². The van der Waals surface area contributed by atoms with Gasteiger partial charge in [-0.3, -0.25) is 9.59 Å². The second-order valence-electron chi connectivity index (χ2n) is 7.83. The van der Waals surface area contributed by atoms with Crippen LogP contribution in [0.2, 0.25) is 0 Å². The largest absolute Gasteiger partial charge is 0.433 e. The lowest BCUT2D eigenvalue weighted by Crippen LogP contribution is -2.49. The van der Waals surface area contributed by atoms with Crippen molar-refractivity contribution in [2.24, 2.45) is 0 Å². The fourth-order valence-corrected chi connectivity index (χ4v) is 4.94. The van der Waals surface area contributed by atoms with Crippen LogP contribution in [0.15, 0.2) is 40.9 Å². The minimum atomic E-state index is -5.93. The maximum atomic E-state index is 14.7. The summed E-state index contributed by atoms with van der Waals surface area (Å²) in [5.74, 6) is 0.221. The van der Waals surface area contributed by atoms with Gasteiger partial charge in [0, 0.05) is 27.5 Å². The van der Waals surface area contributed by atoms with Crippen LogP contribution in [0, 0.1) is 6.92 Å². The van der Waals surface area contributed by atoms with Crippen molar-refractivity contribution >= 4 is 61.1 Å². The lowest BCUT2D eigenvalue weighted by molar-refractivity contribution is -0.282. The first-order valence-corrected chi connectivity index (χ1v) is 13.2. The summed E-state index contributed by atoms with van der Waals surface area (Å²) in [6, 6.07) is 6.26. The molecule has 0 radical (unpaired) electrons. The second kappa shape index (κ2) is 11.8. The van der Waals surface area contributed by atoms with E-state index in [1.54, 1.807) is 17.8 Å². The molecule has 198 valence electrons. The second-order valence-corrected chi connectivity index (χ2v) is 11.0. The van der Waals surface area contributed by atoms with E-state index in [4.69, 9.17) is 0 Å². The zero-order valence-electron chi connectivity index (χ0n) is 19.2. The number of hydrogen-bond donors (Lipinski definition) is 2. The Bertz CT molecular complexity index is 1110. The van der Waals surface area contributed by atoms with Crippen LogP contribution in [0.4, 0.5) is 32.0 Å². The van der Waals surface area contributed by atoms with E-state index in [0.29, 0.717) is 22.4 Å². The first kappa shape index (κ1) is 30.5. The Hall–Kier alpha value is -1.73. The summed E-state index contributed by atoms with van der Waals surface area (Å²) in [4.78, 5) is 20.9. The van der Waals surface area contributed by atoms with E-state index in [-0.39, 0.29) is 28.4 Å². The van der Waals surface area contributed by atoms with Crippen LogP contribution < -0.4 is 10.6 Å². The topological polar surface area (TPSA) is 58.2 Å². The molecule has 0 aliphatic rings. The molecule has 0 saturated carbocycles. The minimum Gasteiger partial charge on any atom is -0.349 e. The number of amides is 2. The van der Waals surface area contributed by atoms with Crippen molar-refractivity contribution in [2.75, 3.05) is 16.8 Å². The van der Waals surface area contributed by atoms with E-state index < -0.39 is 34.1 Å². The van der Waals surface area contributed by atoms with Gasteiger partial charge in [-0.15, -0.1) is 0 Å². The number of carbonyl (C=O) groups is 2. The molecule has 0 heterocycles. The number of nitrogens with one attached hydrogen (secondary N) is 2. The molecule has 2 atom stereocenters. The summed E-state index contributed by atoms with van der Waals surface area (Å²) in [6.07, 6.45) is -5.93. The number of thioether (sulfide) groups is 1. The molecule has 0 aliphatic heterocycles. The highest BCUT2D eigenvalue weighted by Gasteiger charge is 2.71. The van der Waals surface area contributed by atoms with Crippen LogP contribution in [0.5, 0.6) is 0 Å². The number of hydrogen-bond acceptors (Lipinski definition) is 3. The van der Waals surface area contributed by atoms with Gasteiger partial charge in [-0.1, -0.05) is 25.1 Å². The molecule has 0 aromatic heterocycles. The lowest BCUT2D eigenvalue weighted by Gasteiger charge is -2.32. The van der Waals surface area contributed by atoms with Crippen molar-refractivity contribution in [3.05, 3.63) is 63.1 Å². The van der Waals surface area contributed by atoms with Gasteiger partial charge in [0.25, 0.3) is 11.8 Å². The molecule has 0 bridgehead atoms. The molecule has 2 aromatic rings. The van der Waals surface area contributed by atoms with Gasteiger partial charge >= 0.3 is 16.7 Å². The molecule has 1 unspecified atom stereocenters. The third-order valence-electron chi connectivity index (χ3n) is 5.09. The van der Waals surface area contributed by atoms with Crippen molar-refractivity contribution in [3.63, 3.8) is 0 Å². The van der Waals surface area contributed by atoms with Crippen LogP contribution in [0.25, 0.3) is 0 Å². The Morgan fingerprint density at radius 3 is 2.22 bits per heavy atom. The zero-order chi connectivity index (χ0) is 27.5. The number of carbonyl (C=O) groups excluding carboxylic acids is 2. The Morgan fingerprint density at radius 1 is 1.06 bits per heavy atom. The Balaban J connectivity index is 2.38. The van der Waals surface area contributed by atoms with Crippen LogP contribution in [-0.4, -0.2) is 40.4 Å². The summed E-state index contributed by atoms with van der Waals surface area (Å²) in [7, 11) is 0. The molecule has 0 spiro atoms. The number of benzene rings is 2. The fraction of sp³-hybridized carbons (Fsp3) is 0.391. The fourth-order valence-electron chi connectivity index (χ4n) is 3.27. The third-order valence-corrected chi connectivity index (χ3v) is 7.44. The molecule has 2 amide bonds. The smallest absolute Gasteiger partial charge is 0.349 e. The molecule has 36 heavy (non-hydrogen) atoms. The summed E-state index contributed by atoms with van der Waals surface area (Å²) in [5, 5.41) is 5.25. The molecule has 2 N–H and O–H groups in total. The van der Waals surface area contributed by atoms with E-state index in [0.717, 1.165) is 11.8 Å². The molecular weight excluding hydrogens is 642 g/mol. The standard InChI is InChI=1S/C23H22Br2F6N2O2S/c1-4-36-11-13(3)32-20(35)18-15(6-5-7-16(18)24)19(34)33-17-9-8-14(10-12(17)2)21(26,22(25,27)28)23(29,30)31/h5-10,13H,4,11H2,1-3H3,(H,32,35)(H,33,34)/t13-,21?/m0/s1. The van der Waals surface area contributed by atoms with Crippen LogP contribution in [-0.2, 0) is 5.67 Å². The number of alkyl halides is 7. The van der Waals surface area contributed by atoms with Crippen molar-refractivity contribution < 1.29 is 35.9 Å². The summed E-state index contributed by atoms with van der Waals surface area (Å²) in [6.45, 7) is 5.01. The summed E-state index contributed by atoms with van der Waals surface area (Å²) < 4.78 is 82.1. The minimum absolute atomic E-state index is 0.0383. The zero-order valence-corrected chi connectivity index (χ0v) is 23.2. The molecule has 2 aromatic carbocycles. The molecule has 0 aliphatic carbocycles. The van der Waals surface area contributed by atoms with Gasteiger partial charge in [-0.25, -0.2) is 4.39 Å². The number of aryl methyl sites for hydroxylation is 1. The van der Waals surface area contributed by atoms with Crippen LogP contribution >= 0.6 is 43.6 Å². The van der Waals surface area contributed by atoms with Gasteiger partial charge in [0.2, 0.25) is 0 Å². The quantitative estimate of drug-likeness (QED) is 0.215. The Morgan fingerprint density at radius 2 is 1.69 bits per heavy atom. The highest BCUT2D eigenvalue weighted by molar-refractivity contribution is 9.10. The van der Waals surface area contributed by atoms with Crippen LogP contribution in [0.1, 0.15) is 45.7 Å². The van der Waals surface area contributed by atoms with E-state index >= 15 is 0 Å². The van der Waals surface area contributed by atoms with Gasteiger partial charge < -0.3 is 10.6 Å². The van der Waals surface area contributed by atoms with E-state index in [2.05, 4.69) is 26.6 Å². The average molecular weight is 664 g/mol. The average Bonchev–Trinajstić information content (AvgIpc) is 2.76. The molecule has 2 rings (SSSR count). The predicted octanol–water partition coefficient (Wildman–Crippen LogP) is 7.60. The first-order valence-electron chi connectivity index (χ1n) is 10.5. The first-order chi connectivity index (χ1) is 16.5. The molecule has 0 fully saturated rings. The van der Waals surface area contributed by atoms with Crippen molar-refractivity contribution in [1.29, 1.82) is 0 Å². The van der Waals surface area contributed by atoms with E-state index in [1.165, 1.54) is 35.0 Å². The number of rotatable bonds is 9. The summed E-state index contributed by atoms with van der Waals surface area (Å²) >= 11 is 6.39. The Labute approximate surface area is 225 Å². The van der Waals surface area contributed by atoms with Crippen molar-refractivity contribution in [3.8, 4) is 0 Å². The van der Waals surface area contributed by atoms with E-state index in [1.807, 2.05) is 13.8 Å². The van der Waals surface area contributed by atoms with Gasteiger partial charge in [-0.05, 0) is 75.2 Å². The van der Waals surface area contributed by atoms with Gasteiger partial charge in [-0.2, -0.15) is 33.7 Å². The van der Waals surface area contributed by atoms with Gasteiger partial charge in [0.1, 0.15) is 0 Å². The van der Waals surface area contributed by atoms with Gasteiger partial charge in [0.05, 0.1) is 11.1 Å². The van der Waals surface area contributed by atoms with E-state index in [9.17, 15) is 35.9 Å². The number of anilines is 1. The molecule has 13 heteroatoms. The molecule has 4 nitrogen and oxygen atoms in total. The maximum absolute atomic E-state index is 14.7. The monoisotopic (exact) mass is 662 g/mol. The Kier molecular flexibility index (Phi) is 9.96. The maximum Gasteiger partial charge on any atom is 0.433 e. The lowest BCUT2D eigenvalue weighted by atomic mass is 9.93. The predicted molar refractivity (Wildman–Crippen MR) is 136 cm³/mol.